The Balaban J connectivity index is -0.000000200. The molecule has 0 radical (unpaired) electrons. The second kappa shape index (κ2) is 28.2. The molecule has 2 aliphatic heterocycles. The van der Waals surface area contributed by atoms with Crippen molar-refractivity contribution in [3.63, 3.8) is 0 Å². The fraction of sp³-hybridized carbons (Fsp3) is 0.780. The number of carboxylic acid groups (broad SMARTS) is 1. The van der Waals surface area contributed by atoms with Crippen molar-refractivity contribution in [3.05, 3.63) is 30.9 Å². The zero-order chi connectivity index (χ0) is 51.1. The Morgan fingerprint density at radius 1 is 0.613 bits per heavy atom. The van der Waals surface area contributed by atoms with Gasteiger partial charge in [0, 0.05) is 56.3 Å². The van der Waals surface area contributed by atoms with Crippen LogP contribution in [0.4, 0.5) is 0 Å². The lowest BCUT2D eigenvalue weighted by molar-refractivity contribution is -0.145. The summed E-state index contributed by atoms with van der Waals surface area (Å²) in [5.74, 6) is -0.0278. The molecule has 3 heterocycles. The first-order valence-corrected chi connectivity index (χ1v) is 21.6. The summed E-state index contributed by atoms with van der Waals surface area (Å²) in [6.07, 6.45) is 9.81. The minimum absolute atomic E-state index is 0.139. The van der Waals surface area contributed by atoms with Gasteiger partial charge in [0.15, 0.2) is 0 Å². The van der Waals surface area contributed by atoms with E-state index in [0.29, 0.717) is 12.1 Å². The van der Waals surface area contributed by atoms with Crippen molar-refractivity contribution in [1.29, 1.82) is 0 Å². The second-order valence-electron chi connectivity index (χ2n) is 23.7. The van der Waals surface area contributed by atoms with Gasteiger partial charge in [0.05, 0.1) is 24.0 Å². The van der Waals surface area contributed by atoms with E-state index >= 15 is 0 Å². The molecule has 0 fully saturated rings. The molecule has 0 saturated carbocycles. The Hall–Kier alpha value is -3.67. The molecule has 0 aliphatic carbocycles. The van der Waals surface area contributed by atoms with Crippen LogP contribution in [0.2, 0.25) is 0 Å². The first kappa shape index (κ1) is 67.4. The number of Topliss-reactive ketones (excluding diaryl/α,β-unsaturated/α-hetero) is 3. The fourth-order valence-electron chi connectivity index (χ4n) is 2.11. The predicted octanol–water partition coefficient (Wildman–Crippen LogP) is 12.9. The van der Waals surface area contributed by atoms with Crippen LogP contribution in [0, 0.1) is 32.5 Å². The molecule has 1 aromatic heterocycles. The van der Waals surface area contributed by atoms with Gasteiger partial charge in [-0.2, -0.15) is 5.11 Å². The number of carboxylic acids is 1. The number of aliphatic imine (C=N–C) groups is 1. The number of allylic oxidation sites excluding steroid dienone is 1. The third-order valence-corrected chi connectivity index (χ3v) is 9.16. The Morgan fingerprint density at radius 2 is 0.952 bits per heavy atom. The van der Waals surface area contributed by atoms with Gasteiger partial charge in [-0.25, -0.2) is 4.98 Å². The Morgan fingerprint density at radius 3 is 1.05 bits per heavy atom. The number of carbonyl (C=O) groups is 4. The number of nitrogens with zero attached hydrogens (tertiary/aromatic N) is 7. The van der Waals surface area contributed by atoms with Crippen LogP contribution in [0.15, 0.2) is 51.3 Å². The summed E-state index contributed by atoms with van der Waals surface area (Å²) in [6, 6.07) is 0. The van der Waals surface area contributed by atoms with Crippen LogP contribution in [-0.4, -0.2) is 87.0 Å². The Labute approximate surface area is 381 Å². The summed E-state index contributed by atoms with van der Waals surface area (Å²) < 4.78 is 2.08. The maximum Gasteiger partial charge on any atom is 0.308 e. The van der Waals surface area contributed by atoms with Crippen molar-refractivity contribution in [2.75, 3.05) is 27.2 Å². The van der Waals surface area contributed by atoms with E-state index in [0.717, 1.165) is 12.3 Å². The number of hydrogen-bond acceptors (Lipinski definition) is 10. The van der Waals surface area contributed by atoms with E-state index in [2.05, 4.69) is 144 Å². The number of aromatic nitrogens is 2. The molecule has 0 unspecified atom stereocenters. The van der Waals surface area contributed by atoms with E-state index in [1.165, 1.54) is 5.71 Å². The molecule has 62 heavy (non-hydrogen) atoms. The number of imidazole rings is 1. The Kier molecular flexibility index (Phi) is 30.6. The van der Waals surface area contributed by atoms with E-state index in [4.69, 9.17) is 5.11 Å². The highest BCUT2D eigenvalue weighted by molar-refractivity contribution is 6.00. The third kappa shape index (κ3) is 40.4. The number of ketones is 3. The van der Waals surface area contributed by atoms with Gasteiger partial charge in [-0.1, -0.05) is 110 Å². The summed E-state index contributed by atoms with van der Waals surface area (Å²) in [4.78, 5) is 51.9. The highest BCUT2D eigenvalue weighted by Gasteiger charge is 2.21. The average molecular weight is 876 g/mol. The highest BCUT2D eigenvalue weighted by Crippen LogP contribution is 2.20. The molecule has 2 aliphatic rings. The standard InChI is InChI=1S/C8H13N.C7H12N2.C6H11N3.C6H15N.3C6H12O.C5H10O2/c1-8(2,3)7-5-4-6-9-7;1-7(2,3)9-5-4-8-6-9;1-6(2,3)5-4-7-9-8-5;1-6(2,3)7(4)5;3*1-5(7)6(2,3)4;1-5(2,3)4(6)7/h4-5H,6H2,1-3H3;4-6H,1-3H3;4H2,1-3H3;1-5H3;3*1-4H3;1-3H3,(H,6,7). The first-order chi connectivity index (χ1) is 27.0. The zero-order valence-electron chi connectivity index (χ0n) is 45.5. The summed E-state index contributed by atoms with van der Waals surface area (Å²) in [5, 5.41) is 19.4. The summed E-state index contributed by atoms with van der Waals surface area (Å²) in [5.41, 5.74) is 2.19. The van der Waals surface area contributed by atoms with E-state index in [1.807, 2.05) is 74.8 Å². The summed E-state index contributed by atoms with van der Waals surface area (Å²) in [6.45, 7) is 54.5. The van der Waals surface area contributed by atoms with Crippen molar-refractivity contribution in [2.45, 2.75) is 198 Å². The molecule has 0 aromatic carbocycles. The van der Waals surface area contributed by atoms with Gasteiger partial charge in [0.25, 0.3) is 0 Å². The van der Waals surface area contributed by atoms with Gasteiger partial charge in [-0.15, -0.1) is 5.10 Å². The van der Waals surface area contributed by atoms with E-state index < -0.39 is 11.4 Å². The van der Waals surface area contributed by atoms with Crippen LogP contribution in [0.5, 0.6) is 0 Å². The largest absolute Gasteiger partial charge is 0.481 e. The van der Waals surface area contributed by atoms with Gasteiger partial charge >= 0.3 is 5.97 Å². The number of rotatable bonds is 0. The molecule has 1 aromatic rings. The SMILES string of the molecule is CC(=O)C(C)(C)C.CC(=O)C(C)(C)C.CC(=O)C(C)(C)C.CC(C)(C)C(=O)O.CC(C)(C)C1=NCC=C1.CC(C)(C)C1=NN=NC1.CC(C)(C)n1ccnc1.CN(C)C(C)(C)C. The predicted molar refractivity (Wildman–Crippen MR) is 266 cm³/mol. The van der Waals surface area contributed by atoms with Crippen molar-refractivity contribution >= 4 is 34.7 Å². The van der Waals surface area contributed by atoms with Crippen LogP contribution in [0.3, 0.4) is 0 Å². The molecule has 12 nitrogen and oxygen atoms in total. The number of aliphatic carboxylic acids is 1. The monoisotopic (exact) mass is 876 g/mol. The van der Waals surface area contributed by atoms with Gasteiger partial charge in [0.2, 0.25) is 0 Å². The summed E-state index contributed by atoms with van der Waals surface area (Å²) in [7, 11) is 4.17. The van der Waals surface area contributed by atoms with Crippen LogP contribution < -0.4 is 0 Å². The lowest BCUT2D eigenvalue weighted by Crippen LogP contribution is -2.34. The van der Waals surface area contributed by atoms with Crippen molar-refractivity contribution in [1.82, 2.24) is 14.5 Å². The maximum absolute atomic E-state index is 10.5. The number of carbonyl (C=O) groups excluding carboxylic acids is 3. The lowest BCUT2D eigenvalue weighted by Gasteiger charge is -2.27. The molecular formula is C50H97N7O5. The van der Waals surface area contributed by atoms with Gasteiger partial charge in [-0.3, -0.25) is 24.2 Å². The van der Waals surface area contributed by atoms with Crippen LogP contribution in [0.1, 0.15) is 187 Å². The average Bonchev–Trinajstić information content (AvgIpc) is 3.84. The van der Waals surface area contributed by atoms with Gasteiger partial charge in [-0.05, 0) is 108 Å². The molecule has 362 valence electrons. The van der Waals surface area contributed by atoms with E-state index in [1.54, 1.807) is 47.7 Å². The fourth-order valence-corrected chi connectivity index (χ4v) is 2.11. The molecule has 0 amide bonds. The van der Waals surface area contributed by atoms with Gasteiger partial charge in [0.1, 0.15) is 23.9 Å². The second-order valence-corrected chi connectivity index (χ2v) is 23.7. The minimum Gasteiger partial charge on any atom is -0.481 e. The normalized spacial score (nSPS) is 13.6. The smallest absolute Gasteiger partial charge is 0.308 e. The zero-order valence-corrected chi connectivity index (χ0v) is 45.5. The third-order valence-electron chi connectivity index (χ3n) is 9.16. The Bertz CT molecular complexity index is 1460. The molecule has 12 heteroatoms. The molecule has 1 N–H and O–H groups in total. The van der Waals surface area contributed by atoms with E-state index in [-0.39, 0.29) is 50.0 Å². The van der Waals surface area contributed by atoms with Crippen LogP contribution in [-0.2, 0) is 24.7 Å². The number of hydrogen-bond donors (Lipinski definition) is 1. The van der Waals surface area contributed by atoms with Crippen molar-refractivity contribution < 1.29 is 24.3 Å². The van der Waals surface area contributed by atoms with Crippen molar-refractivity contribution in [3.8, 4) is 0 Å². The van der Waals surface area contributed by atoms with Crippen LogP contribution >= 0.6 is 0 Å². The van der Waals surface area contributed by atoms with Crippen molar-refractivity contribution in [2.24, 2.45) is 52.9 Å². The lowest BCUT2D eigenvalue weighted by atomic mass is 9.90. The molecule has 0 bridgehead atoms. The first-order valence-electron chi connectivity index (χ1n) is 21.6. The van der Waals surface area contributed by atoms with Crippen LogP contribution in [0.25, 0.3) is 0 Å². The molecule has 3 rings (SSSR count). The highest BCUT2D eigenvalue weighted by atomic mass is 16.4. The van der Waals surface area contributed by atoms with Gasteiger partial charge < -0.3 is 14.6 Å². The maximum atomic E-state index is 10.5. The molecule has 0 spiro atoms. The molecular weight excluding hydrogens is 779 g/mol. The molecule has 0 atom stereocenters. The molecule has 0 saturated heterocycles. The topological polar surface area (TPSA) is 159 Å². The minimum atomic E-state index is -0.757. The quantitative estimate of drug-likeness (QED) is 0.271. The summed E-state index contributed by atoms with van der Waals surface area (Å²) >= 11 is 0. The van der Waals surface area contributed by atoms with E-state index in [9.17, 15) is 19.2 Å².